The van der Waals surface area contributed by atoms with Crippen molar-refractivity contribution >= 4 is 5.91 Å². The molecule has 0 aliphatic rings. The van der Waals surface area contributed by atoms with Crippen LogP contribution >= 0.6 is 0 Å². The molecule has 0 bridgehead atoms. The fraction of sp³-hybridized carbons (Fsp3) is 0.333. The van der Waals surface area contributed by atoms with Gasteiger partial charge < -0.3 is 10.4 Å². The number of carbonyl (C=O) groups excluding carboxylic acids is 1. The second kappa shape index (κ2) is 5.58. The summed E-state index contributed by atoms with van der Waals surface area (Å²) < 4.78 is 49.4. The standard InChI is InChI=1S/C9H8F4N2O2/c10-6-4(1-2-14-8(6)13)9(17)15-3-5(16)7(11)12/h1-2,5,7,16H,3H2,(H,15,17). The van der Waals surface area contributed by atoms with E-state index in [1.54, 1.807) is 0 Å². The van der Waals surface area contributed by atoms with Crippen molar-refractivity contribution < 1.29 is 27.5 Å². The molecule has 4 nitrogen and oxygen atoms in total. The molecule has 8 heteroatoms. The molecule has 0 saturated carbocycles. The van der Waals surface area contributed by atoms with E-state index >= 15 is 0 Å². The lowest BCUT2D eigenvalue weighted by Crippen LogP contribution is -2.36. The van der Waals surface area contributed by atoms with Crippen LogP contribution in [0.3, 0.4) is 0 Å². The number of hydrogen-bond donors (Lipinski definition) is 2. The molecule has 1 heterocycles. The van der Waals surface area contributed by atoms with Gasteiger partial charge in [0.05, 0.1) is 5.56 Å². The summed E-state index contributed by atoms with van der Waals surface area (Å²) in [6.45, 7) is -0.764. The number of rotatable bonds is 4. The number of alkyl halides is 2. The summed E-state index contributed by atoms with van der Waals surface area (Å²) in [4.78, 5) is 14.2. The lowest BCUT2D eigenvalue weighted by Gasteiger charge is -2.10. The van der Waals surface area contributed by atoms with Crippen molar-refractivity contribution in [1.82, 2.24) is 10.3 Å². The van der Waals surface area contributed by atoms with Gasteiger partial charge in [-0.25, -0.2) is 18.2 Å². The van der Waals surface area contributed by atoms with E-state index in [1.807, 2.05) is 5.32 Å². The smallest absolute Gasteiger partial charge is 0.265 e. The average Bonchev–Trinajstić information content (AvgIpc) is 2.29. The Bertz CT molecular complexity index is 414. The van der Waals surface area contributed by atoms with Crippen LogP contribution in [0.25, 0.3) is 0 Å². The van der Waals surface area contributed by atoms with Gasteiger partial charge in [-0.3, -0.25) is 4.79 Å². The van der Waals surface area contributed by atoms with E-state index in [2.05, 4.69) is 4.98 Å². The van der Waals surface area contributed by atoms with Crippen molar-refractivity contribution in [3.63, 3.8) is 0 Å². The van der Waals surface area contributed by atoms with E-state index in [0.29, 0.717) is 0 Å². The lowest BCUT2D eigenvalue weighted by molar-refractivity contribution is -0.00272. The summed E-state index contributed by atoms with van der Waals surface area (Å²) in [5, 5.41) is 10.5. The summed E-state index contributed by atoms with van der Waals surface area (Å²) in [6, 6.07) is 0.891. The SMILES string of the molecule is O=C(NCC(O)C(F)F)c1ccnc(F)c1F. The zero-order chi connectivity index (χ0) is 13.0. The van der Waals surface area contributed by atoms with Gasteiger partial charge in [0.1, 0.15) is 6.10 Å². The van der Waals surface area contributed by atoms with E-state index in [9.17, 15) is 22.4 Å². The summed E-state index contributed by atoms with van der Waals surface area (Å²) in [6.07, 6.45) is -4.24. The van der Waals surface area contributed by atoms with Gasteiger partial charge in [0.2, 0.25) is 5.95 Å². The second-order valence-corrected chi connectivity index (χ2v) is 3.08. The van der Waals surface area contributed by atoms with Crippen molar-refractivity contribution in [2.75, 3.05) is 6.54 Å². The van der Waals surface area contributed by atoms with Crippen LogP contribution in [0.5, 0.6) is 0 Å². The highest BCUT2D eigenvalue weighted by Crippen LogP contribution is 2.08. The molecule has 1 rings (SSSR count). The third kappa shape index (κ3) is 3.38. The number of carbonyl (C=O) groups is 1. The van der Waals surface area contributed by atoms with Gasteiger partial charge in [0.25, 0.3) is 12.3 Å². The van der Waals surface area contributed by atoms with Gasteiger partial charge in [-0.15, -0.1) is 0 Å². The van der Waals surface area contributed by atoms with Gasteiger partial charge >= 0.3 is 0 Å². The van der Waals surface area contributed by atoms with E-state index in [4.69, 9.17) is 5.11 Å². The fourth-order valence-electron chi connectivity index (χ4n) is 0.975. The summed E-state index contributed by atoms with van der Waals surface area (Å²) in [7, 11) is 0. The molecule has 1 aromatic heterocycles. The van der Waals surface area contributed by atoms with Crippen LogP contribution in [-0.4, -0.2) is 35.1 Å². The summed E-state index contributed by atoms with van der Waals surface area (Å²) in [5.74, 6) is -4.05. The number of aromatic nitrogens is 1. The van der Waals surface area contributed by atoms with Crippen molar-refractivity contribution in [2.45, 2.75) is 12.5 Å². The molecule has 0 aliphatic heterocycles. The topological polar surface area (TPSA) is 62.2 Å². The predicted octanol–water partition coefficient (Wildman–Crippen LogP) is 0.716. The largest absolute Gasteiger partial charge is 0.385 e. The van der Waals surface area contributed by atoms with Crippen LogP contribution in [0.1, 0.15) is 10.4 Å². The van der Waals surface area contributed by atoms with Crippen LogP contribution in [0.4, 0.5) is 17.6 Å². The number of aliphatic hydroxyl groups excluding tert-OH is 1. The first kappa shape index (κ1) is 13.4. The normalized spacial score (nSPS) is 12.6. The Morgan fingerprint density at radius 1 is 1.47 bits per heavy atom. The molecular weight excluding hydrogens is 244 g/mol. The van der Waals surface area contributed by atoms with Crippen LogP contribution in [-0.2, 0) is 0 Å². The maximum absolute atomic E-state index is 13.0. The Hall–Kier alpha value is -1.70. The molecular formula is C9H8F4N2O2. The zero-order valence-electron chi connectivity index (χ0n) is 8.33. The Kier molecular flexibility index (Phi) is 4.38. The molecule has 17 heavy (non-hydrogen) atoms. The van der Waals surface area contributed by atoms with Gasteiger partial charge in [-0.2, -0.15) is 4.39 Å². The average molecular weight is 252 g/mol. The molecule has 0 aliphatic carbocycles. The maximum atomic E-state index is 13.0. The van der Waals surface area contributed by atoms with Crippen molar-refractivity contribution in [1.29, 1.82) is 0 Å². The van der Waals surface area contributed by atoms with Crippen LogP contribution in [0, 0.1) is 11.8 Å². The highest BCUT2D eigenvalue weighted by atomic mass is 19.3. The number of nitrogens with one attached hydrogen (secondary N) is 1. The monoisotopic (exact) mass is 252 g/mol. The van der Waals surface area contributed by atoms with Crippen molar-refractivity contribution in [3.8, 4) is 0 Å². The quantitative estimate of drug-likeness (QED) is 0.613. The molecule has 1 aromatic rings. The first-order valence-electron chi connectivity index (χ1n) is 4.48. The lowest BCUT2D eigenvalue weighted by atomic mass is 10.2. The molecule has 2 N–H and O–H groups in total. The maximum Gasteiger partial charge on any atom is 0.265 e. The number of aliphatic hydroxyl groups is 1. The first-order valence-corrected chi connectivity index (χ1v) is 4.48. The van der Waals surface area contributed by atoms with Crippen LogP contribution < -0.4 is 5.32 Å². The van der Waals surface area contributed by atoms with Gasteiger partial charge in [0.15, 0.2) is 5.82 Å². The highest BCUT2D eigenvalue weighted by molar-refractivity contribution is 5.94. The molecule has 0 saturated heterocycles. The van der Waals surface area contributed by atoms with Gasteiger partial charge in [0, 0.05) is 12.7 Å². The minimum atomic E-state index is -3.03. The Morgan fingerprint density at radius 2 is 2.12 bits per heavy atom. The highest BCUT2D eigenvalue weighted by Gasteiger charge is 2.20. The summed E-state index contributed by atoms with van der Waals surface area (Å²) >= 11 is 0. The minimum Gasteiger partial charge on any atom is -0.385 e. The number of halogens is 4. The van der Waals surface area contributed by atoms with E-state index < -0.39 is 42.3 Å². The molecule has 94 valence electrons. The van der Waals surface area contributed by atoms with Gasteiger partial charge in [-0.05, 0) is 6.07 Å². The molecule has 0 aromatic carbocycles. The number of pyridine rings is 1. The van der Waals surface area contributed by atoms with Crippen LogP contribution in [0.2, 0.25) is 0 Å². The zero-order valence-corrected chi connectivity index (χ0v) is 8.33. The van der Waals surface area contributed by atoms with Crippen molar-refractivity contribution in [2.24, 2.45) is 0 Å². The van der Waals surface area contributed by atoms with E-state index in [-0.39, 0.29) is 0 Å². The third-order valence-electron chi connectivity index (χ3n) is 1.85. The molecule has 0 spiro atoms. The number of nitrogens with zero attached hydrogens (tertiary/aromatic N) is 1. The molecule has 0 radical (unpaired) electrons. The van der Waals surface area contributed by atoms with E-state index in [1.165, 1.54) is 0 Å². The number of hydrogen-bond acceptors (Lipinski definition) is 3. The first-order chi connectivity index (χ1) is 7.93. The second-order valence-electron chi connectivity index (χ2n) is 3.08. The molecule has 1 unspecified atom stereocenters. The third-order valence-corrected chi connectivity index (χ3v) is 1.85. The van der Waals surface area contributed by atoms with Crippen molar-refractivity contribution in [3.05, 3.63) is 29.6 Å². The van der Waals surface area contributed by atoms with E-state index in [0.717, 1.165) is 12.3 Å². The molecule has 0 fully saturated rings. The Labute approximate surface area is 93.3 Å². The Morgan fingerprint density at radius 3 is 2.71 bits per heavy atom. The minimum absolute atomic E-state index is 0.668. The van der Waals surface area contributed by atoms with Crippen LogP contribution in [0.15, 0.2) is 12.3 Å². The van der Waals surface area contributed by atoms with Gasteiger partial charge in [-0.1, -0.05) is 0 Å². The number of amides is 1. The predicted molar refractivity (Wildman–Crippen MR) is 48.5 cm³/mol. The molecule has 1 atom stereocenters. The molecule has 1 amide bonds. The summed E-state index contributed by atoms with van der Waals surface area (Å²) in [5.41, 5.74) is -0.668. The Balaban J connectivity index is 2.68. The fourth-order valence-corrected chi connectivity index (χ4v) is 0.975.